The molecule has 0 spiro atoms. The standard InChI is InChI=1S/C16H18N2O2/c1-9-7-8-10(2)20-15-13(9)11-5-3-4-6-12(11)18-16(19)14(15)17/h3-7,10,14H,8,17H2,1-2H3,(H,18,19). The lowest BCUT2D eigenvalue weighted by Crippen LogP contribution is -2.38. The maximum atomic E-state index is 12.2. The van der Waals surface area contributed by atoms with Gasteiger partial charge in [-0.3, -0.25) is 4.79 Å². The first-order valence-corrected chi connectivity index (χ1v) is 6.81. The van der Waals surface area contributed by atoms with E-state index in [0.29, 0.717) is 5.76 Å². The van der Waals surface area contributed by atoms with Gasteiger partial charge in [-0.15, -0.1) is 0 Å². The van der Waals surface area contributed by atoms with Gasteiger partial charge in [-0.25, -0.2) is 0 Å². The molecule has 2 unspecified atom stereocenters. The molecule has 3 N–H and O–H groups in total. The summed E-state index contributed by atoms with van der Waals surface area (Å²) < 4.78 is 5.95. The molecule has 0 aliphatic carbocycles. The van der Waals surface area contributed by atoms with Crippen molar-refractivity contribution in [2.24, 2.45) is 5.73 Å². The van der Waals surface area contributed by atoms with Crippen LogP contribution < -0.4 is 11.1 Å². The van der Waals surface area contributed by atoms with Crippen molar-refractivity contribution in [3.05, 3.63) is 47.2 Å². The van der Waals surface area contributed by atoms with Crippen LogP contribution in [0.4, 0.5) is 5.69 Å². The molecule has 3 rings (SSSR count). The van der Waals surface area contributed by atoms with Gasteiger partial charge < -0.3 is 15.8 Å². The number of nitrogens with two attached hydrogens (primary N) is 1. The molecule has 0 aromatic heterocycles. The smallest absolute Gasteiger partial charge is 0.249 e. The van der Waals surface area contributed by atoms with E-state index < -0.39 is 6.04 Å². The first-order chi connectivity index (χ1) is 9.58. The average Bonchev–Trinajstić information content (AvgIpc) is 2.64. The van der Waals surface area contributed by atoms with Crippen molar-refractivity contribution >= 4 is 17.2 Å². The van der Waals surface area contributed by atoms with Gasteiger partial charge in [0.1, 0.15) is 11.8 Å². The summed E-state index contributed by atoms with van der Waals surface area (Å²) in [5.74, 6) is 0.343. The Hall–Kier alpha value is -2.07. The number of carbonyl (C=O) groups is 1. The third-order valence-corrected chi connectivity index (χ3v) is 3.74. The lowest BCUT2D eigenvalue weighted by molar-refractivity contribution is -0.117. The molecule has 1 aromatic rings. The fourth-order valence-corrected chi connectivity index (χ4v) is 2.68. The molecule has 0 fully saturated rings. The minimum atomic E-state index is -0.777. The second-order valence-electron chi connectivity index (χ2n) is 5.30. The van der Waals surface area contributed by atoms with Crippen LogP contribution in [0, 0.1) is 0 Å². The zero-order valence-electron chi connectivity index (χ0n) is 11.6. The fraction of sp³-hybridized carbons (Fsp3) is 0.312. The van der Waals surface area contributed by atoms with Gasteiger partial charge in [0.25, 0.3) is 0 Å². The summed E-state index contributed by atoms with van der Waals surface area (Å²) in [5.41, 5.74) is 9.87. The number of hydrogen-bond donors (Lipinski definition) is 2. The van der Waals surface area contributed by atoms with Crippen LogP contribution in [0.1, 0.15) is 25.8 Å². The van der Waals surface area contributed by atoms with E-state index in [1.807, 2.05) is 38.1 Å². The van der Waals surface area contributed by atoms with Gasteiger partial charge in [0.05, 0.1) is 6.10 Å². The number of anilines is 1. The second-order valence-corrected chi connectivity index (χ2v) is 5.30. The Balaban J connectivity index is 2.28. The molecule has 104 valence electrons. The molecule has 1 amide bonds. The van der Waals surface area contributed by atoms with E-state index in [4.69, 9.17) is 10.5 Å². The molecular weight excluding hydrogens is 252 g/mol. The topological polar surface area (TPSA) is 64.3 Å². The number of ether oxygens (including phenoxy) is 1. The lowest BCUT2D eigenvalue weighted by atomic mass is 9.95. The lowest BCUT2D eigenvalue weighted by Gasteiger charge is -2.19. The van der Waals surface area contributed by atoms with E-state index in [2.05, 4.69) is 11.4 Å². The Morgan fingerprint density at radius 1 is 1.35 bits per heavy atom. The molecule has 1 aromatic carbocycles. The summed E-state index contributed by atoms with van der Waals surface area (Å²) in [4.78, 5) is 12.2. The van der Waals surface area contributed by atoms with E-state index in [1.54, 1.807) is 0 Å². The van der Waals surface area contributed by atoms with Crippen molar-refractivity contribution in [2.75, 3.05) is 5.32 Å². The zero-order chi connectivity index (χ0) is 14.3. The molecule has 0 saturated carbocycles. The second kappa shape index (κ2) is 4.80. The van der Waals surface area contributed by atoms with Crippen LogP contribution in [0.3, 0.4) is 0 Å². The van der Waals surface area contributed by atoms with E-state index in [9.17, 15) is 4.79 Å². The van der Waals surface area contributed by atoms with Gasteiger partial charge in [0, 0.05) is 23.2 Å². The number of allylic oxidation sites excluding steroid dienone is 2. The van der Waals surface area contributed by atoms with Crippen molar-refractivity contribution in [3.63, 3.8) is 0 Å². The predicted octanol–water partition coefficient (Wildman–Crippen LogP) is 2.43. The number of nitrogens with one attached hydrogen (secondary N) is 1. The van der Waals surface area contributed by atoms with Crippen LogP contribution >= 0.6 is 0 Å². The number of fused-ring (bicyclic) bond motifs is 2. The molecule has 2 atom stereocenters. The average molecular weight is 270 g/mol. The Labute approximate surface area is 118 Å². The maximum absolute atomic E-state index is 12.2. The monoisotopic (exact) mass is 270 g/mol. The van der Waals surface area contributed by atoms with Crippen LogP contribution in [0.2, 0.25) is 0 Å². The highest BCUT2D eigenvalue weighted by Crippen LogP contribution is 2.38. The first kappa shape index (κ1) is 12.9. The summed E-state index contributed by atoms with van der Waals surface area (Å²) in [6.07, 6.45) is 2.98. The van der Waals surface area contributed by atoms with E-state index in [1.165, 1.54) is 0 Å². The normalized spacial score (nSPS) is 25.6. The Morgan fingerprint density at radius 3 is 2.90 bits per heavy atom. The number of carbonyl (C=O) groups excluding carboxylic acids is 1. The zero-order valence-corrected chi connectivity index (χ0v) is 11.6. The molecule has 0 bridgehead atoms. The summed E-state index contributed by atoms with van der Waals surface area (Å²) in [7, 11) is 0. The molecule has 4 nitrogen and oxygen atoms in total. The summed E-state index contributed by atoms with van der Waals surface area (Å²) >= 11 is 0. The van der Waals surface area contributed by atoms with Crippen LogP contribution in [0.5, 0.6) is 0 Å². The number of para-hydroxylation sites is 1. The Kier molecular flexibility index (Phi) is 3.10. The van der Waals surface area contributed by atoms with Gasteiger partial charge in [-0.1, -0.05) is 24.3 Å². The molecule has 2 heterocycles. The van der Waals surface area contributed by atoms with Crippen molar-refractivity contribution in [1.82, 2.24) is 0 Å². The number of benzene rings is 1. The highest BCUT2D eigenvalue weighted by molar-refractivity contribution is 6.04. The van der Waals surface area contributed by atoms with E-state index >= 15 is 0 Å². The Bertz CT molecular complexity index is 631. The predicted molar refractivity (Wildman–Crippen MR) is 78.9 cm³/mol. The number of rotatable bonds is 0. The molecule has 4 heteroatoms. The van der Waals surface area contributed by atoms with Gasteiger partial charge >= 0.3 is 0 Å². The van der Waals surface area contributed by atoms with Gasteiger partial charge in [-0.05, 0) is 25.5 Å². The van der Waals surface area contributed by atoms with E-state index in [-0.39, 0.29) is 12.0 Å². The molecular formula is C16H18N2O2. The third-order valence-electron chi connectivity index (χ3n) is 3.74. The van der Waals surface area contributed by atoms with Crippen LogP contribution in [-0.4, -0.2) is 18.1 Å². The van der Waals surface area contributed by atoms with Crippen molar-refractivity contribution < 1.29 is 9.53 Å². The largest absolute Gasteiger partial charge is 0.492 e. The van der Waals surface area contributed by atoms with Crippen LogP contribution in [-0.2, 0) is 9.53 Å². The molecule has 20 heavy (non-hydrogen) atoms. The minimum Gasteiger partial charge on any atom is -0.492 e. The van der Waals surface area contributed by atoms with Crippen molar-refractivity contribution in [3.8, 4) is 0 Å². The molecule has 2 aliphatic heterocycles. The molecule has 2 aliphatic rings. The van der Waals surface area contributed by atoms with Gasteiger partial charge in [0.2, 0.25) is 5.91 Å². The highest BCUT2D eigenvalue weighted by atomic mass is 16.5. The summed E-state index contributed by atoms with van der Waals surface area (Å²) in [6, 6.07) is 6.95. The number of amides is 1. The fourth-order valence-electron chi connectivity index (χ4n) is 2.68. The summed E-state index contributed by atoms with van der Waals surface area (Å²) in [5, 5.41) is 2.87. The Morgan fingerprint density at radius 2 is 2.10 bits per heavy atom. The first-order valence-electron chi connectivity index (χ1n) is 6.81. The quantitative estimate of drug-likeness (QED) is 0.761. The van der Waals surface area contributed by atoms with E-state index in [0.717, 1.165) is 28.8 Å². The third kappa shape index (κ3) is 2.02. The van der Waals surface area contributed by atoms with Crippen LogP contribution in [0.15, 0.2) is 41.7 Å². The SMILES string of the molecule is CC1=CCC(C)OC2=C1c1ccccc1NC(=O)C2N. The van der Waals surface area contributed by atoms with Gasteiger partial charge in [-0.2, -0.15) is 0 Å². The molecule has 0 saturated heterocycles. The maximum Gasteiger partial charge on any atom is 0.249 e. The van der Waals surface area contributed by atoms with Crippen molar-refractivity contribution in [1.29, 1.82) is 0 Å². The number of hydrogen-bond acceptors (Lipinski definition) is 3. The van der Waals surface area contributed by atoms with Crippen LogP contribution in [0.25, 0.3) is 5.57 Å². The highest BCUT2D eigenvalue weighted by Gasteiger charge is 2.32. The van der Waals surface area contributed by atoms with Crippen molar-refractivity contribution in [2.45, 2.75) is 32.4 Å². The van der Waals surface area contributed by atoms with Gasteiger partial charge in [0.15, 0.2) is 0 Å². The minimum absolute atomic E-state index is 0.0153. The molecule has 0 radical (unpaired) electrons. The summed E-state index contributed by atoms with van der Waals surface area (Å²) in [6.45, 7) is 4.02.